The van der Waals surface area contributed by atoms with Crippen LogP contribution in [0.1, 0.15) is 31.2 Å². The van der Waals surface area contributed by atoms with Crippen molar-refractivity contribution in [1.29, 1.82) is 0 Å². The van der Waals surface area contributed by atoms with Crippen LogP contribution in [0.5, 0.6) is 0 Å². The summed E-state index contributed by atoms with van der Waals surface area (Å²) < 4.78 is 43.7. The molecule has 1 aromatic heterocycles. The molecule has 0 radical (unpaired) electrons. The quantitative estimate of drug-likeness (QED) is 0.543. The number of alkyl halides is 3. The van der Waals surface area contributed by atoms with Crippen molar-refractivity contribution in [1.82, 2.24) is 4.98 Å². The topological polar surface area (TPSA) is 80.3 Å². The van der Waals surface area contributed by atoms with E-state index in [1.807, 2.05) is 0 Å². The minimum atomic E-state index is -4.45. The highest BCUT2D eigenvalue weighted by Gasteiger charge is 2.33. The van der Waals surface area contributed by atoms with E-state index in [1.165, 1.54) is 31.5 Å². The Morgan fingerprint density at radius 2 is 1.80 bits per heavy atom. The molecule has 0 aliphatic heterocycles. The molecule has 156 valence electrons. The maximum Gasteiger partial charge on any atom is 0.418 e. The van der Waals surface area contributed by atoms with Crippen molar-refractivity contribution >= 4 is 34.0 Å². The zero-order valence-corrected chi connectivity index (χ0v) is 16.4. The first-order chi connectivity index (χ1) is 14.3. The number of nitrogens with zero attached hydrogens (tertiary/aromatic N) is 1. The fraction of sp³-hybridized carbons (Fsp3) is 0.150. The molecule has 10 heteroatoms. The van der Waals surface area contributed by atoms with Gasteiger partial charge in [0.05, 0.1) is 18.9 Å². The second-order valence-electron chi connectivity index (χ2n) is 6.07. The lowest BCUT2D eigenvalue weighted by molar-refractivity contribution is -0.137. The summed E-state index contributed by atoms with van der Waals surface area (Å²) in [6.45, 7) is 0.157. The SMILES string of the molecule is COC(=O)c1cnc(NC(=O)c2ccc(CNc3ccccc3C(F)(F)F)cc2)s1. The van der Waals surface area contributed by atoms with E-state index in [0.29, 0.717) is 11.1 Å². The molecule has 1 amide bonds. The molecule has 0 saturated heterocycles. The van der Waals surface area contributed by atoms with Crippen LogP contribution < -0.4 is 10.6 Å². The number of halogens is 3. The monoisotopic (exact) mass is 435 g/mol. The number of amides is 1. The maximum absolute atomic E-state index is 13.0. The van der Waals surface area contributed by atoms with Crippen LogP contribution in [0.4, 0.5) is 24.0 Å². The van der Waals surface area contributed by atoms with Gasteiger partial charge in [-0.3, -0.25) is 10.1 Å². The number of anilines is 2. The molecule has 0 aliphatic rings. The molecule has 2 aromatic carbocycles. The number of rotatable bonds is 6. The van der Waals surface area contributed by atoms with Crippen molar-refractivity contribution in [3.8, 4) is 0 Å². The number of carbonyl (C=O) groups excluding carboxylic acids is 2. The van der Waals surface area contributed by atoms with Crippen LogP contribution in [-0.2, 0) is 17.5 Å². The van der Waals surface area contributed by atoms with Crippen LogP contribution in [0.25, 0.3) is 0 Å². The number of nitrogens with one attached hydrogen (secondary N) is 2. The molecule has 0 fully saturated rings. The lowest BCUT2D eigenvalue weighted by Crippen LogP contribution is -2.12. The summed E-state index contributed by atoms with van der Waals surface area (Å²) in [5.74, 6) is -0.973. The van der Waals surface area contributed by atoms with Crippen LogP contribution in [0.15, 0.2) is 54.7 Å². The van der Waals surface area contributed by atoms with Gasteiger partial charge in [-0.1, -0.05) is 35.6 Å². The van der Waals surface area contributed by atoms with Gasteiger partial charge in [0.2, 0.25) is 0 Å². The average molecular weight is 435 g/mol. The number of aromatic nitrogens is 1. The third-order valence-electron chi connectivity index (χ3n) is 4.04. The number of carbonyl (C=O) groups is 2. The van der Waals surface area contributed by atoms with Crippen molar-refractivity contribution in [3.63, 3.8) is 0 Å². The minimum absolute atomic E-state index is 0.0167. The first kappa shape index (κ1) is 21.3. The standard InChI is InChI=1S/C20H16F3N3O3S/c1-29-18(28)16-11-25-19(30-16)26-17(27)13-8-6-12(7-9-13)10-24-15-5-3-2-4-14(15)20(21,22)23/h2-9,11,24H,10H2,1H3,(H,25,26,27). The first-order valence-electron chi connectivity index (χ1n) is 8.62. The highest BCUT2D eigenvalue weighted by atomic mass is 32.1. The summed E-state index contributed by atoms with van der Waals surface area (Å²) in [6, 6.07) is 11.6. The fourth-order valence-corrected chi connectivity index (χ4v) is 3.28. The van der Waals surface area contributed by atoms with Crippen molar-refractivity contribution in [2.24, 2.45) is 0 Å². The summed E-state index contributed by atoms with van der Waals surface area (Å²) in [4.78, 5) is 27.9. The van der Waals surface area contributed by atoms with E-state index >= 15 is 0 Å². The van der Waals surface area contributed by atoms with E-state index in [9.17, 15) is 22.8 Å². The molecular weight excluding hydrogens is 419 g/mol. The van der Waals surface area contributed by atoms with Crippen molar-refractivity contribution in [3.05, 3.63) is 76.3 Å². The van der Waals surface area contributed by atoms with Crippen molar-refractivity contribution in [2.45, 2.75) is 12.7 Å². The van der Waals surface area contributed by atoms with Gasteiger partial charge in [0.25, 0.3) is 5.91 Å². The highest BCUT2D eigenvalue weighted by molar-refractivity contribution is 7.17. The van der Waals surface area contributed by atoms with Gasteiger partial charge in [0, 0.05) is 17.8 Å². The van der Waals surface area contributed by atoms with E-state index in [-0.39, 0.29) is 22.2 Å². The van der Waals surface area contributed by atoms with Gasteiger partial charge in [-0.05, 0) is 29.8 Å². The van der Waals surface area contributed by atoms with Crippen LogP contribution >= 0.6 is 11.3 Å². The maximum atomic E-state index is 13.0. The van der Waals surface area contributed by atoms with Gasteiger partial charge >= 0.3 is 12.1 Å². The number of para-hydroxylation sites is 1. The van der Waals surface area contributed by atoms with Gasteiger partial charge in [-0.15, -0.1) is 0 Å². The van der Waals surface area contributed by atoms with Crippen LogP contribution in [-0.4, -0.2) is 24.0 Å². The van der Waals surface area contributed by atoms with E-state index in [0.717, 1.165) is 17.4 Å². The molecule has 0 spiro atoms. The van der Waals surface area contributed by atoms with Crippen LogP contribution in [0.3, 0.4) is 0 Å². The second kappa shape index (κ2) is 8.95. The molecule has 3 rings (SSSR count). The van der Waals surface area contributed by atoms with Gasteiger partial charge in [-0.25, -0.2) is 9.78 Å². The Balaban J connectivity index is 1.62. The van der Waals surface area contributed by atoms with Crippen molar-refractivity contribution in [2.75, 3.05) is 17.7 Å². The molecule has 0 aliphatic carbocycles. The third kappa shape index (κ3) is 5.15. The Bertz CT molecular complexity index is 1050. The normalized spacial score (nSPS) is 11.1. The van der Waals surface area contributed by atoms with E-state index in [4.69, 9.17) is 0 Å². The van der Waals surface area contributed by atoms with Crippen LogP contribution in [0, 0.1) is 0 Å². The van der Waals surface area contributed by atoms with E-state index < -0.39 is 23.6 Å². The summed E-state index contributed by atoms with van der Waals surface area (Å²) in [5, 5.41) is 5.60. The Morgan fingerprint density at radius 1 is 1.10 bits per heavy atom. The minimum Gasteiger partial charge on any atom is -0.465 e. The molecule has 0 saturated carbocycles. The molecule has 30 heavy (non-hydrogen) atoms. The number of hydrogen-bond acceptors (Lipinski definition) is 6. The van der Waals surface area contributed by atoms with Crippen LogP contribution in [0.2, 0.25) is 0 Å². The number of methoxy groups -OCH3 is 1. The zero-order valence-electron chi connectivity index (χ0n) is 15.6. The van der Waals surface area contributed by atoms with Gasteiger partial charge in [-0.2, -0.15) is 13.2 Å². The molecule has 3 aromatic rings. The van der Waals surface area contributed by atoms with Gasteiger partial charge in [0.1, 0.15) is 4.88 Å². The smallest absolute Gasteiger partial charge is 0.418 e. The number of ether oxygens (including phenoxy) is 1. The highest BCUT2D eigenvalue weighted by Crippen LogP contribution is 2.34. The lowest BCUT2D eigenvalue weighted by Gasteiger charge is -2.14. The molecule has 2 N–H and O–H groups in total. The van der Waals surface area contributed by atoms with Gasteiger partial charge < -0.3 is 10.1 Å². The Morgan fingerprint density at radius 3 is 2.47 bits per heavy atom. The Hall–Kier alpha value is -3.40. The second-order valence-corrected chi connectivity index (χ2v) is 7.10. The van der Waals surface area contributed by atoms with Gasteiger partial charge in [0.15, 0.2) is 5.13 Å². The Labute approximate surface area is 173 Å². The largest absolute Gasteiger partial charge is 0.465 e. The fourth-order valence-electron chi connectivity index (χ4n) is 2.55. The molecule has 0 atom stereocenters. The lowest BCUT2D eigenvalue weighted by atomic mass is 10.1. The molecular formula is C20H16F3N3O3S. The third-order valence-corrected chi connectivity index (χ3v) is 4.94. The number of hydrogen-bond donors (Lipinski definition) is 2. The summed E-state index contributed by atoms with van der Waals surface area (Å²) in [7, 11) is 1.25. The van der Waals surface area contributed by atoms with E-state index in [2.05, 4.69) is 20.4 Å². The summed E-state index contributed by atoms with van der Waals surface area (Å²) in [6.07, 6.45) is -3.14. The number of thiazole rings is 1. The summed E-state index contributed by atoms with van der Waals surface area (Å²) >= 11 is 0.981. The molecule has 0 unspecified atom stereocenters. The zero-order chi connectivity index (χ0) is 21.7. The van der Waals surface area contributed by atoms with E-state index in [1.54, 1.807) is 24.3 Å². The molecule has 1 heterocycles. The molecule has 0 bridgehead atoms. The average Bonchev–Trinajstić information content (AvgIpc) is 3.20. The predicted octanol–water partition coefficient (Wildman–Crippen LogP) is 4.81. The number of benzene rings is 2. The Kier molecular flexibility index (Phi) is 6.36. The van der Waals surface area contributed by atoms with Crippen molar-refractivity contribution < 1.29 is 27.5 Å². The first-order valence-corrected chi connectivity index (χ1v) is 9.44. The number of esters is 1. The predicted molar refractivity (Wildman–Crippen MR) is 107 cm³/mol. The summed E-state index contributed by atoms with van der Waals surface area (Å²) in [5.41, 5.74) is 0.280. The molecule has 6 nitrogen and oxygen atoms in total.